The van der Waals surface area contributed by atoms with Crippen molar-refractivity contribution < 1.29 is 27.7 Å². The summed E-state index contributed by atoms with van der Waals surface area (Å²) >= 11 is 0. The van der Waals surface area contributed by atoms with Crippen molar-refractivity contribution in [3.8, 4) is 0 Å². The second-order valence-electron chi connectivity index (χ2n) is 10.7. The van der Waals surface area contributed by atoms with Gasteiger partial charge in [0.15, 0.2) is 12.6 Å². The Labute approximate surface area is 203 Å². The molecular formula is C28H42F2O4. The molecule has 4 nitrogen and oxygen atoms in total. The molecule has 4 rings (SSSR count). The summed E-state index contributed by atoms with van der Waals surface area (Å²) in [4.78, 5) is 0. The van der Waals surface area contributed by atoms with Crippen molar-refractivity contribution in [2.24, 2.45) is 35.5 Å². The minimum absolute atomic E-state index is 0.0732. The molecule has 0 aromatic rings. The summed E-state index contributed by atoms with van der Waals surface area (Å²) in [6.07, 6.45) is 17.3. The molecule has 0 amide bonds. The molecule has 0 bridgehead atoms. The normalized spacial score (nSPS) is 39.6. The van der Waals surface area contributed by atoms with E-state index in [1.54, 1.807) is 0 Å². The molecule has 6 heteroatoms. The molecule has 2 heterocycles. The molecule has 2 aliphatic heterocycles. The van der Waals surface area contributed by atoms with Crippen molar-refractivity contribution in [2.75, 3.05) is 26.4 Å². The van der Waals surface area contributed by atoms with Gasteiger partial charge in [0.2, 0.25) is 0 Å². The fraction of sp³-hybridized carbons (Fsp3) is 0.786. The summed E-state index contributed by atoms with van der Waals surface area (Å²) in [5.41, 5.74) is 0. The van der Waals surface area contributed by atoms with E-state index < -0.39 is 12.4 Å². The van der Waals surface area contributed by atoms with Crippen LogP contribution in [-0.2, 0) is 18.9 Å². The number of unbranched alkanes of at least 4 members (excludes halogenated alkanes) is 1. The van der Waals surface area contributed by atoms with E-state index in [0.29, 0.717) is 44.3 Å². The molecule has 4 aliphatic rings. The number of ether oxygens (including phenoxy) is 4. The average Bonchev–Trinajstić information content (AvgIpc) is 2.87. The Kier molecular flexibility index (Phi) is 10.2. The van der Waals surface area contributed by atoms with Gasteiger partial charge >= 0.3 is 0 Å². The first-order chi connectivity index (χ1) is 16.6. The van der Waals surface area contributed by atoms with Crippen molar-refractivity contribution in [3.05, 3.63) is 37.0 Å². The SMILES string of the molecule is C=CCC/C=C/C1CCC(C2CCC(C3COC(C4COC(C=C(F)F)OC4)OC3)CC2)CC1. The second kappa shape index (κ2) is 13.3. The van der Waals surface area contributed by atoms with Gasteiger partial charge in [0.25, 0.3) is 6.08 Å². The predicted octanol–water partition coefficient (Wildman–Crippen LogP) is 6.88. The minimum atomic E-state index is -1.79. The number of hydrogen-bond acceptors (Lipinski definition) is 4. The van der Waals surface area contributed by atoms with E-state index >= 15 is 0 Å². The maximum atomic E-state index is 12.3. The van der Waals surface area contributed by atoms with E-state index in [4.69, 9.17) is 18.9 Å². The molecule has 0 unspecified atom stereocenters. The lowest BCUT2D eigenvalue weighted by Crippen LogP contribution is -2.45. The maximum Gasteiger partial charge on any atom is 0.271 e. The number of allylic oxidation sites excluding steroid dienone is 3. The second-order valence-corrected chi connectivity index (χ2v) is 10.7. The lowest BCUT2D eigenvalue weighted by Gasteiger charge is -2.42. The van der Waals surface area contributed by atoms with Gasteiger partial charge in [0.1, 0.15) is 0 Å². The van der Waals surface area contributed by atoms with Crippen LogP contribution in [0.25, 0.3) is 0 Å². The lowest BCUT2D eigenvalue weighted by atomic mass is 9.67. The Morgan fingerprint density at radius 3 is 1.76 bits per heavy atom. The van der Waals surface area contributed by atoms with Crippen LogP contribution in [0.1, 0.15) is 64.2 Å². The number of rotatable bonds is 8. The smallest absolute Gasteiger partial charge is 0.271 e. The third-order valence-electron chi connectivity index (χ3n) is 8.46. The Morgan fingerprint density at radius 1 is 0.676 bits per heavy atom. The van der Waals surface area contributed by atoms with Crippen LogP contribution in [0.4, 0.5) is 8.78 Å². The van der Waals surface area contributed by atoms with Crippen LogP contribution in [-0.4, -0.2) is 39.0 Å². The molecular weight excluding hydrogens is 438 g/mol. The molecule has 2 saturated carbocycles. The van der Waals surface area contributed by atoms with E-state index in [9.17, 15) is 8.78 Å². The summed E-state index contributed by atoms with van der Waals surface area (Å²) in [6, 6.07) is 0. The van der Waals surface area contributed by atoms with Gasteiger partial charge < -0.3 is 18.9 Å². The summed E-state index contributed by atoms with van der Waals surface area (Å²) < 4.78 is 47.5. The van der Waals surface area contributed by atoms with Gasteiger partial charge in [0.05, 0.1) is 32.3 Å². The Hall–Kier alpha value is -1.08. The molecule has 4 fully saturated rings. The Bertz CT molecular complexity index is 660. The molecule has 0 aromatic carbocycles. The predicted molar refractivity (Wildman–Crippen MR) is 128 cm³/mol. The van der Waals surface area contributed by atoms with Crippen molar-refractivity contribution in [2.45, 2.75) is 76.8 Å². The Morgan fingerprint density at radius 2 is 1.21 bits per heavy atom. The van der Waals surface area contributed by atoms with Crippen LogP contribution in [0.15, 0.2) is 37.0 Å². The van der Waals surface area contributed by atoms with E-state index in [1.165, 1.54) is 51.4 Å². The van der Waals surface area contributed by atoms with Crippen molar-refractivity contribution in [1.82, 2.24) is 0 Å². The fourth-order valence-corrected chi connectivity index (χ4v) is 6.37. The first kappa shape index (κ1) is 26.0. The standard InChI is InChI=1S/C28H42F2O4/c1-2-3-4-5-6-20-7-9-21(10-8-20)22-11-13-23(14-12-22)24-16-33-28(34-17-24)25-18-31-27(32-19-25)15-26(29)30/h2,5-6,15,20-25,27-28H,1,3-4,7-14,16-19H2/b6-5+. The summed E-state index contributed by atoms with van der Waals surface area (Å²) in [7, 11) is 0. The lowest BCUT2D eigenvalue weighted by molar-refractivity contribution is -0.276. The van der Waals surface area contributed by atoms with Crippen LogP contribution in [0.3, 0.4) is 0 Å². The van der Waals surface area contributed by atoms with Crippen molar-refractivity contribution >= 4 is 0 Å². The monoisotopic (exact) mass is 480 g/mol. The highest BCUT2D eigenvalue weighted by Crippen LogP contribution is 2.44. The van der Waals surface area contributed by atoms with Gasteiger partial charge in [-0.05, 0) is 87.9 Å². The molecule has 0 atom stereocenters. The van der Waals surface area contributed by atoms with Crippen LogP contribution >= 0.6 is 0 Å². The van der Waals surface area contributed by atoms with Gasteiger partial charge in [-0.3, -0.25) is 0 Å². The van der Waals surface area contributed by atoms with Crippen molar-refractivity contribution in [3.63, 3.8) is 0 Å². The van der Waals surface area contributed by atoms with Crippen LogP contribution in [0.2, 0.25) is 0 Å². The molecule has 0 radical (unpaired) electrons. The van der Waals surface area contributed by atoms with Gasteiger partial charge in [0, 0.05) is 12.0 Å². The Balaban J connectivity index is 1.12. The molecule has 192 valence electrons. The zero-order valence-electron chi connectivity index (χ0n) is 20.4. The zero-order chi connectivity index (χ0) is 23.8. The average molecular weight is 481 g/mol. The van der Waals surface area contributed by atoms with E-state index in [1.807, 2.05) is 6.08 Å². The molecule has 0 aromatic heterocycles. The minimum Gasteiger partial charge on any atom is -0.352 e. The molecule has 2 aliphatic carbocycles. The third-order valence-corrected chi connectivity index (χ3v) is 8.46. The fourth-order valence-electron chi connectivity index (χ4n) is 6.37. The van der Waals surface area contributed by atoms with Gasteiger partial charge in [-0.1, -0.05) is 18.2 Å². The van der Waals surface area contributed by atoms with Gasteiger partial charge in [-0.2, -0.15) is 8.78 Å². The van der Waals surface area contributed by atoms with Gasteiger partial charge in [-0.25, -0.2) is 0 Å². The largest absolute Gasteiger partial charge is 0.352 e. The van der Waals surface area contributed by atoms with E-state index in [-0.39, 0.29) is 12.2 Å². The van der Waals surface area contributed by atoms with Crippen LogP contribution < -0.4 is 0 Å². The maximum absolute atomic E-state index is 12.3. The highest BCUT2D eigenvalue weighted by atomic mass is 19.3. The summed E-state index contributed by atoms with van der Waals surface area (Å²) in [5.74, 6) is 3.66. The molecule has 0 spiro atoms. The highest BCUT2D eigenvalue weighted by Gasteiger charge is 2.38. The van der Waals surface area contributed by atoms with Crippen LogP contribution in [0.5, 0.6) is 0 Å². The number of hydrogen-bond donors (Lipinski definition) is 0. The highest BCUT2D eigenvalue weighted by molar-refractivity contribution is 4.94. The summed E-state index contributed by atoms with van der Waals surface area (Å²) in [6.45, 7) is 5.83. The quantitative estimate of drug-likeness (QED) is 0.280. The molecule has 0 N–H and O–H groups in total. The van der Waals surface area contributed by atoms with Gasteiger partial charge in [-0.15, -0.1) is 6.58 Å². The van der Waals surface area contributed by atoms with Crippen molar-refractivity contribution in [1.29, 1.82) is 0 Å². The molecule has 34 heavy (non-hydrogen) atoms. The van der Waals surface area contributed by atoms with E-state index in [2.05, 4.69) is 18.7 Å². The first-order valence-electron chi connectivity index (χ1n) is 13.4. The molecule has 2 saturated heterocycles. The zero-order valence-corrected chi connectivity index (χ0v) is 20.4. The third kappa shape index (κ3) is 7.46. The number of halogens is 2. The topological polar surface area (TPSA) is 36.9 Å². The van der Waals surface area contributed by atoms with Crippen LogP contribution in [0, 0.1) is 35.5 Å². The van der Waals surface area contributed by atoms with E-state index in [0.717, 1.165) is 30.6 Å². The first-order valence-corrected chi connectivity index (χ1v) is 13.4. The summed E-state index contributed by atoms with van der Waals surface area (Å²) in [5, 5.41) is 0.